The van der Waals surface area contributed by atoms with Crippen LogP contribution in [0.15, 0.2) is 48.5 Å². The summed E-state index contributed by atoms with van der Waals surface area (Å²) in [6.45, 7) is 4.52. The molecule has 0 atom stereocenters. The van der Waals surface area contributed by atoms with Crippen LogP contribution in [0, 0.1) is 0 Å². The zero-order valence-corrected chi connectivity index (χ0v) is 27.0. The van der Waals surface area contributed by atoms with Crippen molar-refractivity contribution in [2.75, 3.05) is 0 Å². The summed E-state index contributed by atoms with van der Waals surface area (Å²) in [4.78, 5) is 0. The van der Waals surface area contributed by atoms with E-state index in [1.165, 1.54) is 116 Å². The maximum atomic E-state index is 12.6. The Bertz CT molecular complexity index is 949. The van der Waals surface area contributed by atoms with Gasteiger partial charge >= 0.3 is 40.0 Å². The summed E-state index contributed by atoms with van der Waals surface area (Å²) in [7, 11) is -4.21. The number of unbranched alkanes of at least 4 members (excludes halogenated alkanes) is 18. The van der Waals surface area contributed by atoms with Crippen molar-refractivity contribution in [3.63, 3.8) is 0 Å². The minimum atomic E-state index is -4.21. The first-order chi connectivity index (χ1) is 20.0. The van der Waals surface area contributed by atoms with E-state index in [2.05, 4.69) is 13.8 Å². The summed E-state index contributed by atoms with van der Waals surface area (Å²) in [5, 5.41) is 0. The molecule has 0 N–H and O–H groups in total. The van der Waals surface area contributed by atoms with Crippen LogP contribution in [-0.4, -0.2) is 38.0 Å². The minimum absolute atomic E-state index is 0. The predicted molar refractivity (Wildman–Crippen MR) is 181 cm³/mol. The van der Waals surface area contributed by atoms with Crippen LogP contribution >= 0.6 is 0 Å². The Morgan fingerprint density at radius 1 is 0.476 bits per heavy atom. The van der Waals surface area contributed by atoms with Crippen LogP contribution in [0.1, 0.15) is 153 Å². The van der Waals surface area contributed by atoms with Gasteiger partial charge in [0.2, 0.25) is 0 Å². The van der Waals surface area contributed by atoms with E-state index in [-0.39, 0.29) is 29.6 Å². The monoisotopic (exact) mass is 610 g/mol. The van der Waals surface area contributed by atoms with Gasteiger partial charge in [-0.2, -0.15) is 0 Å². The number of rotatable bonds is 26. The van der Waals surface area contributed by atoms with Crippen LogP contribution in [-0.2, 0) is 23.2 Å². The van der Waals surface area contributed by atoms with Gasteiger partial charge in [0.25, 0.3) is 0 Å². The van der Waals surface area contributed by atoms with E-state index in [1.54, 1.807) is 12.1 Å². The van der Waals surface area contributed by atoms with Gasteiger partial charge in [-0.15, -0.1) is 8.42 Å². The fraction of sp³-hybridized carbons (Fsp3) is 0.667. The molecule has 6 heteroatoms. The van der Waals surface area contributed by atoms with Crippen molar-refractivity contribution in [3.8, 4) is 11.5 Å². The first kappa shape index (κ1) is 39.0. The Hall–Kier alpha value is -1.01. The van der Waals surface area contributed by atoms with Crippen LogP contribution in [0.5, 0.6) is 11.5 Å². The molecule has 0 aliphatic rings. The molecule has 42 heavy (non-hydrogen) atoms. The molecule has 2 aromatic rings. The van der Waals surface area contributed by atoms with Crippen molar-refractivity contribution >= 4 is 40.0 Å². The molecule has 234 valence electrons. The molecular weight excluding hydrogens is 551 g/mol. The van der Waals surface area contributed by atoms with Gasteiger partial charge in [-0.1, -0.05) is 154 Å². The topological polar surface area (TPSA) is 52.6 Å². The number of aryl methyl sites for hydroxylation is 2. The van der Waals surface area contributed by atoms with Gasteiger partial charge in [0.15, 0.2) is 0 Å². The molecule has 2 rings (SSSR count). The van der Waals surface area contributed by atoms with E-state index in [9.17, 15) is 8.42 Å². The van der Waals surface area contributed by atoms with Crippen LogP contribution < -0.4 is 8.37 Å². The summed E-state index contributed by atoms with van der Waals surface area (Å²) in [5.41, 5.74) is 2.19. The quantitative estimate of drug-likeness (QED) is 0.0785. The average molecular weight is 611 g/mol. The standard InChI is InChI=1S/C36H58O4S.Na.H/c1-3-5-7-9-11-13-15-17-19-21-25-33-27-23-29-35(31-33)39-41(37,38)40-36-30-24-28-34(32-36)26-22-20-18-16-14-12-10-8-6-4-2;;/h23-24,27-32H,3-22,25-26H2,1-2H3;;. The SMILES string of the molecule is CCCCCCCCCCCCc1cccc(OS(=O)(=O)Oc2cccc(CCCCCCCCCCCC)c2)c1.[NaH]. The Balaban J connectivity index is 0.00000882. The van der Waals surface area contributed by atoms with Gasteiger partial charge in [0.05, 0.1) is 0 Å². The first-order valence-corrected chi connectivity index (χ1v) is 18.2. The van der Waals surface area contributed by atoms with Crippen LogP contribution in [0.25, 0.3) is 0 Å². The molecule has 4 nitrogen and oxygen atoms in total. The molecule has 0 fully saturated rings. The Kier molecular flexibility index (Phi) is 23.5. The van der Waals surface area contributed by atoms with Crippen molar-refractivity contribution in [1.82, 2.24) is 0 Å². The molecule has 0 spiro atoms. The predicted octanol–water partition coefficient (Wildman–Crippen LogP) is 10.7. The molecule has 0 saturated heterocycles. The van der Waals surface area contributed by atoms with Crippen LogP contribution in [0.4, 0.5) is 0 Å². The molecule has 0 aliphatic carbocycles. The van der Waals surface area contributed by atoms with Gasteiger partial charge < -0.3 is 8.37 Å². The van der Waals surface area contributed by atoms with Crippen LogP contribution in [0.2, 0.25) is 0 Å². The Labute approximate surface area is 281 Å². The van der Waals surface area contributed by atoms with Crippen LogP contribution in [0.3, 0.4) is 0 Å². The average Bonchev–Trinajstić information content (AvgIpc) is 2.95. The second-order valence-corrected chi connectivity index (χ2v) is 12.9. The van der Waals surface area contributed by atoms with Crippen molar-refractivity contribution in [1.29, 1.82) is 0 Å². The Morgan fingerprint density at radius 3 is 1.12 bits per heavy atom. The molecule has 0 saturated carbocycles. The summed E-state index contributed by atoms with van der Waals surface area (Å²) in [5.74, 6) is 0.604. The van der Waals surface area contributed by atoms with Gasteiger partial charge in [0.1, 0.15) is 11.5 Å². The molecule has 0 unspecified atom stereocenters. The van der Waals surface area contributed by atoms with Crippen molar-refractivity contribution in [2.45, 2.75) is 155 Å². The summed E-state index contributed by atoms with van der Waals surface area (Å²) >= 11 is 0. The zero-order valence-electron chi connectivity index (χ0n) is 26.2. The van der Waals surface area contributed by atoms with E-state index in [0.29, 0.717) is 11.5 Å². The third kappa shape index (κ3) is 20.0. The summed E-state index contributed by atoms with van der Waals surface area (Å²) in [6.07, 6.45) is 27.9. The normalized spacial score (nSPS) is 11.3. The molecule has 0 amide bonds. The van der Waals surface area contributed by atoms with E-state index in [4.69, 9.17) is 8.37 Å². The molecular formula is C36H59NaO4S. The maximum absolute atomic E-state index is 12.6. The Morgan fingerprint density at radius 2 is 0.786 bits per heavy atom. The number of benzene rings is 2. The molecule has 0 radical (unpaired) electrons. The number of hydrogen-bond donors (Lipinski definition) is 0. The summed E-state index contributed by atoms with van der Waals surface area (Å²) in [6, 6.07) is 14.7. The van der Waals surface area contributed by atoms with E-state index < -0.39 is 10.4 Å². The molecule has 0 bridgehead atoms. The fourth-order valence-electron chi connectivity index (χ4n) is 5.39. The molecule has 2 aromatic carbocycles. The van der Waals surface area contributed by atoms with Gasteiger partial charge in [-0.25, -0.2) is 0 Å². The van der Waals surface area contributed by atoms with Gasteiger partial charge in [-0.05, 0) is 61.1 Å². The fourth-order valence-corrected chi connectivity index (χ4v) is 6.10. The number of hydrogen-bond acceptors (Lipinski definition) is 4. The van der Waals surface area contributed by atoms with E-state index in [0.717, 1.165) is 36.8 Å². The van der Waals surface area contributed by atoms with E-state index in [1.807, 2.05) is 36.4 Å². The molecule has 0 aromatic heterocycles. The summed E-state index contributed by atoms with van der Waals surface area (Å²) < 4.78 is 35.9. The molecule has 0 heterocycles. The molecule has 0 aliphatic heterocycles. The zero-order chi connectivity index (χ0) is 29.4. The van der Waals surface area contributed by atoms with Crippen molar-refractivity contribution in [3.05, 3.63) is 59.7 Å². The first-order valence-electron chi connectivity index (χ1n) is 16.8. The second kappa shape index (κ2) is 25.3. The third-order valence-electron chi connectivity index (χ3n) is 7.83. The van der Waals surface area contributed by atoms with Gasteiger partial charge in [-0.3, -0.25) is 0 Å². The van der Waals surface area contributed by atoms with E-state index >= 15 is 0 Å². The van der Waals surface area contributed by atoms with Gasteiger partial charge in [0, 0.05) is 0 Å². The third-order valence-corrected chi connectivity index (χ3v) is 8.62. The van der Waals surface area contributed by atoms with Crippen molar-refractivity contribution < 1.29 is 16.8 Å². The van der Waals surface area contributed by atoms with Crippen molar-refractivity contribution in [2.24, 2.45) is 0 Å². The second-order valence-electron chi connectivity index (χ2n) is 11.7.